The molecule has 2 aliphatic heterocycles. The van der Waals surface area contributed by atoms with E-state index < -0.39 is 0 Å². The van der Waals surface area contributed by atoms with Crippen LogP contribution in [0.1, 0.15) is 44.9 Å². The number of ether oxygens (including phenoxy) is 1. The highest BCUT2D eigenvalue weighted by molar-refractivity contribution is 7.11. The number of piperidine rings is 1. The molecular formula is C26H33N3O3S. The number of imide groups is 1. The maximum atomic E-state index is 13.2. The molecule has 4 rings (SSSR count). The number of nitrogens with zero attached hydrogens (tertiary/aromatic N) is 2. The van der Waals surface area contributed by atoms with Crippen molar-refractivity contribution in [2.75, 3.05) is 36.5 Å². The van der Waals surface area contributed by atoms with E-state index in [0.29, 0.717) is 30.8 Å². The van der Waals surface area contributed by atoms with Crippen LogP contribution < -0.4 is 10.2 Å². The zero-order chi connectivity index (χ0) is 23.4. The van der Waals surface area contributed by atoms with Gasteiger partial charge in [-0.3, -0.25) is 14.5 Å². The Morgan fingerprint density at radius 2 is 1.82 bits per heavy atom. The van der Waals surface area contributed by atoms with Crippen LogP contribution in [0.25, 0.3) is 5.57 Å². The Hall–Kier alpha value is -2.64. The predicted octanol–water partition coefficient (Wildman–Crippen LogP) is 4.99. The van der Waals surface area contributed by atoms with Gasteiger partial charge in [0.2, 0.25) is 0 Å². The molecule has 33 heavy (non-hydrogen) atoms. The number of thiophene rings is 1. The van der Waals surface area contributed by atoms with Gasteiger partial charge in [-0.1, -0.05) is 13.0 Å². The van der Waals surface area contributed by atoms with E-state index >= 15 is 0 Å². The smallest absolute Gasteiger partial charge is 0.278 e. The predicted molar refractivity (Wildman–Crippen MR) is 134 cm³/mol. The van der Waals surface area contributed by atoms with Gasteiger partial charge >= 0.3 is 0 Å². The third kappa shape index (κ3) is 5.47. The zero-order valence-electron chi connectivity index (χ0n) is 19.7. The highest BCUT2D eigenvalue weighted by Crippen LogP contribution is 2.33. The van der Waals surface area contributed by atoms with Crippen LogP contribution >= 0.6 is 11.3 Å². The third-order valence-corrected chi connectivity index (χ3v) is 7.09. The molecule has 1 N–H and O–H groups in total. The highest BCUT2D eigenvalue weighted by atomic mass is 32.1. The summed E-state index contributed by atoms with van der Waals surface area (Å²) < 4.78 is 5.58. The summed E-state index contributed by atoms with van der Waals surface area (Å²) in [6, 6.07) is 11.9. The van der Waals surface area contributed by atoms with Gasteiger partial charge in [-0.2, -0.15) is 0 Å². The molecule has 1 aromatic carbocycles. The molecule has 0 spiro atoms. The maximum Gasteiger partial charge on any atom is 0.278 e. The highest BCUT2D eigenvalue weighted by Gasteiger charge is 2.39. The molecule has 1 fully saturated rings. The van der Waals surface area contributed by atoms with E-state index in [4.69, 9.17) is 4.74 Å². The molecule has 2 aliphatic rings. The lowest BCUT2D eigenvalue weighted by atomic mass is 9.99. The van der Waals surface area contributed by atoms with Gasteiger partial charge in [0, 0.05) is 42.5 Å². The lowest BCUT2D eigenvalue weighted by molar-refractivity contribution is -0.137. The van der Waals surface area contributed by atoms with Crippen molar-refractivity contribution >= 4 is 40.1 Å². The van der Waals surface area contributed by atoms with Gasteiger partial charge in [-0.25, -0.2) is 0 Å². The molecular weight excluding hydrogens is 434 g/mol. The van der Waals surface area contributed by atoms with Crippen LogP contribution in [0.2, 0.25) is 0 Å². The Labute approximate surface area is 200 Å². The van der Waals surface area contributed by atoms with E-state index in [9.17, 15) is 9.59 Å². The Morgan fingerprint density at radius 3 is 2.45 bits per heavy atom. The van der Waals surface area contributed by atoms with Gasteiger partial charge < -0.3 is 15.0 Å². The zero-order valence-corrected chi connectivity index (χ0v) is 20.5. The molecule has 2 aromatic rings. The second-order valence-electron chi connectivity index (χ2n) is 9.10. The van der Waals surface area contributed by atoms with Crippen molar-refractivity contribution in [2.24, 2.45) is 5.92 Å². The summed E-state index contributed by atoms with van der Waals surface area (Å²) in [5, 5.41) is 5.18. The van der Waals surface area contributed by atoms with Gasteiger partial charge in [-0.15, -0.1) is 11.3 Å². The topological polar surface area (TPSA) is 61.9 Å². The Morgan fingerprint density at radius 1 is 1.09 bits per heavy atom. The van der Waals surface area contributed by atoms with E-state index in [2.05, 4.69) is 29.3 Å². The van der Waals surface area contributed by atoms with E-state index in [1.807, 2.05) is 43.5 Å². The molecule has 0 bridgehead atoms. The minimum atomic E-state index is -0.276. The van der Waals surface area contributed by atoms with Crippen LogP contribution in [0.4, 0.5) is 11.4 Å². The summed E-state index contributed by atoms with van der Waals surface area (Å²) in [7, 11) is 0. The van der Waals surface area contributed by atoms with Gasteiger partial charge in [-0.05, 0) is 74.7 Å². The fourth-order valence-electron chi connectivity index (χ4n) is 4.25. The largest absolute Gasteiger partial charge is 0.379 e. The van der Waals surface area contributed by atoms with E-state index in [0.717, 1.165) is 29.6 Å². The first-order valence-corrected chi connectivity index (χ1v) is 12.7. The molecule has 1 aromatic heterocycles. The van der Waals surface area contributed by atoms with Gasteiger partial charge in [0.1, 0.15) is 5.70 Å². The molecule has 0 radical (unpaired) electrons. The normalized spacial score (nSPS) is 17.6. The van der Waals surface area contributed by atoms with Crippen molar-refractivity contribution in [3.63, 3.8) is 0 Å². The maximum absolute atomic E-state index is 13.2. The van der Waals surface area contributed by atoms with Crippen LogP contribution in [-0.2, 0) is 14.3 Å². The number of amides is 2. The molecule has 1 saturated heterocycles. The Balaban J connectivity index is 1.50. The standard InChI is InChI=1S/C26H33N3O3S/c1-18(2)32-16-5-13-29-25(30)23(22-6-4-17-33-22)24(26(29)31)27-20-7-9-21(10-8-20)28-14-11-19(3)12-15-28/h4,6-10,17-19,27H,5,11-16H2,1-3H3. The summed E-state index contributed by atoms with van der Waals surface area (Å²) in [6.45, 7) is 9.26. The number of nitrogens with one attached hydrogen (secondary N) is 1. The Kier molecular flexibility index (Phi) is 7.50. The SMILES string of the molecule is CC1CCN(c2ccc(NC3=C(c4cccs4)C(=O)N(CCCOC(C)C)C3=O)cc2)CC1. The molecule has 0 atom stereocenters. The minimum absolute atomic E-state index is 0.128. The first kappa shape index (κ1) is 23.5. The first-order valence-electron chi connectivity index (χ1n) is 11.8. The van der Waals surface area contributed by atoms with Gasteiger partial charge in [0.25, 0.3) is 11.8 Å². The minimum Gasteiger partial charge on any atom is -0.379 e. The molecule has 0 saturated carbocycles. The average molecular weight is 468 g/mol. The number of carbonyl (C=O) groups excluding carboxylic acids is 2. The first-order chi connectivity index (χ1) is 15.9. The van der Waals surface area contributed by atoms with Crippen LogP contribution in [0.3, 0.4) is 0 Å². The second kappa shape index (κ2) is 10.5. The lowest BCUT2D eigenvalue weighted by Gasteiger charge is -2.32. The summed E-state index contributed by atoms with van der Waals surface area (Å²) >= 11 is 1.47. The quantitative estimate of drug-likeness (QED) is 0.416. The fourth-order valence-corrected chi connectivity index (χ4v) is 5.02. The summed E-state index contributed by atoms with van der Waals surface area (Å²) in [6.07, 6.45) is 3.17. The summed E-state index contributed by atoms with van der Waals surface area (Å²) in [4.78, 5) is 31.0. The lowest BCUT2D eigenvalue weighted by Crippen LogP contribution is -2.34. The van der Waals surface area contributed by atoms with Crippen LogP contribution in [-0.4, -0.2) is 49.1 Å². The fraction of sp³-hybridized carbons (Fsp3) is 0.462. The van der Waals surface area contributed by atoms with E-state index in [-0.39, 0.29) is 17.9 Å². The van der Waals surface area contributed by atoms with Crippen molar-refractivity contribution in [2.45, 2.75) is 46.1 Å². The van der Waals surface area contributed by atoms with Crippen molar-refractivity contribution in [1.82, 2.24) is 4.90 Å². The number of carbonyl (C=O) groups is 2. The summed E-state index contributed by atoms with van der Waals surface area (Å²) in [5.41, 5.74) is 2.81. The number of anilines is 2. The van der Waals surface area contributed by atoms with Crippen molar-refractivity contribution in [3.05, 3.63) is 52.4 Å². The molecule has 0 aliphatic carbocycles. The van der Waals surface area contributed by atoms with E-state index in [1.165, 1.54) is 34.8 Å². The van der Waals surface area contributed by atoms with Crippen molar-refractivity contribution in [3.8, 4) is 0 Å². The number of hydrogen-bond donors (Lipinski definition) is 1. The number of benzene rings is 1. The average Bonchev–Trinajstić information content (AvgIpc) is 3.40. The molecule has 7 heteroatoms. The summed E-state index contributed by atoms with van der Waals surface area (Å²) in [5.74, 6) is 0.270. The van der Waals surface area contributed by atoms with Crippen molar-refractivity contribution in [1.29, 1.82) is 0 Å². The van der Waals surface area contributed by atoms with Crippen LogP contribution in [0.15, 0.2) is 47.5 Å². The monoisotopic (exact) mass is 467 g/mol. The van der Waals surface area contributed by atoms with Crippen LogP contribution in [0.5, 0.6) is 0 Å². The molecule has 6 nitrogen and oxygen atoms in total. The molecule has 176 valence electrons. The van der Waals surface area contributed by atoms with E-state index in [1.54, 1.807) is 0 Å². The molecule has 0 unspecified atom stereocenters. The van der Waals surface area contributed by atoms with Crippen molar-refractivity contribution < 1.29 is 14.3 Å². The van der Waals surface area contributed by atoms with Gasteiger partial charge in [0.15, 0.2) is 0 Å². The number of hydrogen-bond acceptors (Lipinski definition) is 6. The van der Waals surface area contributed by atoms with Gasteiger partial charge in [0.05, 0.1) is 11.7 Å². The molecule has 2 amide bonds. The number of rotatable bonds is 9. The second-order valence-corrected chi connectivity index (χ2v) is 10.1. The third-order valence-electron chi connectivity index (χ3n) is 6.20. The van der Waals surface area contributed by atoms with Crippen LogP contribution in [0, 0.1) is 5.92 Å². The Bertz CT molecular complexity index is 990. The molecule has 3 heterocycles.